The number of phenols is 1. The third kappa shape index (κ3) is 18.5. The fourth-order valence-corrected chi connectivity index (χ4v) is 4.43. The van der Waals surface area contributed by atoms with E-state index < -0.39 is 84.8 Å². The van der Waals surface area contributed by atoms with Crippen LogP contribution in [-0.2, 0) is 40.0 Å². The lowest BCUT2D eigenvalue weighted by molar-refractivity contribution is -0.192. The number of nitrogens with zero attached hydrogens (tertiary/aromatic N) is 4. The Morgan fingerprint density at radius 2 is 1.34 bits per heavy atom. The van der Waals surface area contributed by atoms with Crippen LogP contribution >= 0.6 is 0 Å². The number of rotatable bonds is 13. The fraction of sp³-hybridized carbons (Fsp3) is 0.517. The van der Waals surface area contributed by atoms with Gasteiger partial charge in [-0.2, -0.15) is 13.2 Å². The molecule has 0 saturated carbocycles. The number of nitrogens with one attached hydrogen (secondary N) is 5. The first-order valence-corrected chi connectivity index (χ1v) is 15.7. The quantitative estimate of drug-likeness (QED) is 0.0279. The molecule has 1 aliphatic rings. The molecule has 0 radical (unpaired) electrons. The van der Waals surface area contributed by atoms with Gasteiger partial charge in [-0.1, -0.05) is 23.7 Å². The Kier molecular flexibility index (Phi) is 19.0. The Morgan fingerprint density at radius 1 is 0.811 bits per heavy atom. The maximum absolute atomic E-state index is 13.6. The van der Waals surface area contributed by atoms with Gasteiger partial charge in [0, 0.05) is 24.4 Å². The highest BCUT2D eigenvalue weighted by Gasteiger charge is 2.38. The van der Waals surface area contributed by atoms with Gasteiger partial charge in [-0.3, -0.25) is 33.8 Å². The van der Waals surface area contributed by atoms with Crippen molar-refractivity contribution in [1.29, 1.82) is 0 Å². The van der Waals surface area contributed by atoms with Gasteiger partial charge in [0.1, 0.15) is 29.9 Å². The number of hydrogen-bond acceptors (Lipinski definition) is 10. The van der Waals surface area contributed by atoms with Crippen LogP contribution in [0, 0.1) is 0 Å². The van der Waals surface area contributed by atoms with E-state index >= 15 is 0 Å². The van der Waals surface area contributed by atoms with Gasteiger partial charge in [-0.25, -0.2) is 4.79 Å². The Bertz CT molecular complexity index is 1530. The molecule has 0 unspecified atom stereocenters. The molecule has 1 aromatic rings. The third-order valence-corrected chi connectivity index (χ3v) is 6.98. The van der Waals surface area contributed by atoms with Crippen LogP contribution in [0.3, 0.4) is 0 Å². The number of aliphatic imine (C=N–C) groups is 1. The van der Waals surface area contributed by atoms with Gasteiger partial charge in [-0.05, 0) is 48.9 Å². The molecule has 292 valence electrons. The maximum atomic E-state index is 13.6. The molecule has 1 saturated heterocycles. The Balaban J connectivity index is 0.00000181. The van der Waals surface area contributed by atoms with Crippen LogP contribution < -0.4 is 38.1 Å². The van der Waals surface area contributed by atoms with Gasteiger partial charge >= 0.3 is 18.1 Å². The molecule has 1 aromatic carbocycles. The standard InChI is InChI=1S/C27H39N11O8.C2HF3O2/c28-27(29)31-10-3-5-17-23(43)32-14-21(40)34-20(13-22(41)42)26(46)37-19(12-15-6-8-16(39)9-7-15)25(45)36-18(24(44)35-17)4-1-2-11-33-38-30;3-2(4,5)1(6)7/h6-9,17-20,39H,1-5,10-14H2,(H,32,43)(H,34,40)(H,35,44)(H,36,45)(H,37,46)(H,41,42)(H4,28,29,31);(H,6,7)/t17-,18-,19+,20-;/m0./s1. The number of carbonyl (C=O) groups is 7. The minimum absolute atomic E-state index is 0.0404. The molecule has 1 fully saturated rings. The number of guanidine groups is 1. The Labute approximate surface area is 298 Å². The molecule has 0 spiro atoms. The number of phenolic OH excluding ortho intramolecular Hbond substituents is 1. The molecular weight excluding hydrogens is 719 g/mol. The number of halogens is 3. The normalized spacial score (nSPS) is 19.8. The number of aromatic hydroxyl groups is 1. The zero-order chi connectivity index (χ0) is 40.1. The molecule has 4 atom stereocenters. The number of hydrogen-bond donors (Lipinski definition) is 10. The van der Waals surface area contributed by atoms with Crippen molar-refractivity contribution in [3.05, 3.63) is 40.3 Å². The molecule has 2 rings (SSSR count). The van der Waals surface area contributed by atoms with E-state index in [0.717, 1.165) is 0 Å². The monoisotopic (exact) mass is 759 g/mol. The summed E-state index contributed by atoms with van der Waals surface area (Å²) in [5.74, 6) is -8.60. The zero-order valence-corrected chi connectivity index (χ0v) is 28.0. The summed E-state index contributed by atoms with van der Waals surface area (Å²) in [5.41, 5.74) is 19.7. The lowest BCUT2D eigenvalue weighted by atomic mass is 10.0. The van der Waals surface area contributed by atoms with Crippen molar-refractivity contribution in [3.63, 3.8) is 0 Å². The van der Waals surface area contributed by atoms with Crippen molar-refractivity contribution in [3.8, 4) is 5.75 Å². The molecule has 24 heteroatoms. The highest BCUT2D eigenvalue weighted by molar-refractivity contribution is 5.98. The summed E-state index contributed by atoms with van der Waals surface area (Å²) in [5, 5.41) is 41.9. The van der Waals surface area contributed by atoms with Crippen molar-refractivity contribution < 1.29 is 62.1 Å². The molecule has 1 aliphatic heterocycles. The van der Waals surface area contributed by atoms with Crippen molar-refractivity contribution in [2.45, 2.75) is 75.3 Å². The largest absolute Gasteiger partial charge is 0.508 e. The van der Waals surface area contributed by atoms with E-state index in [4.69, 9.17) is 26.9 Å². The van der Waals surface area contributed by atoms with E-state index in [1.165, 1.54) is 24.3 Å². The average molecular weight is 760 g/mol. The van der Waals surface area contributed by atoms with Gasteiger partial charge in [-0.15, -0.1) is 0 Å². The summed E-state index contributed by atoms with van der Waals surface area (Å²) in [6, 6.07) is 0.363. The second kappa shape index (κ2) is 22.5. The van der Waals surface area contributed by atoms with E-state index in [0.29, 0.717) is 18.4 Å². The van der Waals surface area contributed by atoms with Gasteiger partial charge in [0.2, 0.25) is 29.5 Å². The number of alkyl halides is 3. The number of unbranched alkanes of at least 4 members (excludes halogenated alkanes) is 1. The first-order chi connectivity index (χ1) is 24.8. The number of amides is 5. The molecule has 0 bridgehead atoms. The molecule has 0 aliphatic carbocycles. The second-order valence-corrected chi connectivity index (χ2v) is 11.2. The highest BCUT2D eigenvalue weighted by atomic mass is 19.4. The van der Waals surface area contributed by atoms with Crippen LogP contribution in [0.2, 0.25) is 0 Å². The topological polar surface area (TPSA) is 353 Å². The van der Waals surface area contributed by atoms with Crippen LogP contribution in [0.4, 0.5) is 13.2 Å². The highest BCUT2D eigenvalue weighted by Crippen LogP contribution is 2.14. The van der Waals surface area contributed by atoms with Crippen LogP contribution in [0.25, 0.3) is 10.4 Å². The van der Waals surface area contributed by atoms with Gasteiger partial charge in [0.15, 0.2) is 5.96 Å². The summed E-state index contributed by atoms with van der Waals surface area (Å²) in [7, 11) is 0. The lowest BCUT2D eigenvalue weighted by Crippen LogP contribution is -2.58. The van der Waals surface area contributed by atoms with Crippen molar-refractivity contribution in [1.82, 2.24) is 26.6 Å². The second-order valence-electron chi connectivity index (χ2n) is 11.2. The van der Waals surface area contributed by atoms with E-state index in [-0.39, 0.29) is 50.5 Å². The van der Waals surface area contributed by atoms with E-state index in [2.05, 4.69) is 41.6 Å². The molecule has 53 heavy (non-hydrogen) atoms. The van der Waals surface area contributed by atoms with Crippen LogP contribution in [0.15, 0.2) is 34.4 Å². The summed E-state index contributed by atoms with van der Waals surface area (Å²) in [4.78, 5) is 93.0. The van der Waals surface area contributed by atoms with Gasteiger partial charge < -0.3 is 53.4 Å². The first kappa shape index (κ1) is 44.7. The van der Waals surface area contributed by atoms with Gasteiger partial charge in [0.05, 0.1) is 13.0 Å². The molecule has 21 nitrogen and oxygen atoms in total. The molecule has 1 heterocycles. The van der Waals surface area contributed by atoms with Crippen LogP contribution in [0.5, 0.6) is 5.75 Å². The van der Waals surface area contributed by atoms with E-state index in [9.17, 15) is 52.2 Å². The maximum Gasteiger partial charge on any atom is 0.490 e. The number of nitrogens with two attached hydrogens (primary N) is 2. The predicted molar refractivity (Wildman–Crippen MR) is 176 cm³/mol. The summed E-state index contributed by atoms with van der Waals surface area (Å²) in [6.45, 7) is -0.384. The number of carboxylic acids is 2. The predicted octanol–water partition coefficient (Wildman–Crippen LogP) is -1.35. The fourth-order valence-electron chi connectivity index (χ4n) is 4.43. The zero-order valence-electron chi connectivity index (χ0n) is 28.0. The van der Waals surface area contributed by atoms with Crippen molar-refractivity contribution in [2.24, 2.45) is 21.6 Å². The van der Waals surface area contributed by atoms with Crippen LogP contribution in [-0.4, -0.2) is 113 Å². The van der Waals surface area contributed by atoms with Crippen LogP contribution in [0.1, 0.15) is 44.1 Å². The Morgan fingerprint density at radius 3 is 1.89 bits per heavy atom. The average Bonchev–Trinajstić information content (AvgIpc) is 3.07. The third-order valence-electron chi connectivity index (χ3n) is 6.98. The molecular formula is C29H40F3N11O10. The molecule has 12 N–H and O–H groups in total. The van der Waals surface area contributed by atoms with Crippen molar-refractivity contribution in [2.75, 3.05) is 19.6 Å². The van der Waals surface area contributed by atoms with Gasteiger partial charge in [0.25, 0.3) is 0 Å². The van der Waals surface area contributed by atoms with E-state index in [1.807, 2.05) is 0 Å². The summed E-state index contributed by atoms with van der Waals surface area (Å²) >= 11 is 0. The minimum atomic E-state index is -5.08. The number of carboxylic acid groups (broad SMARTS) is 2. The van der Waals surface area contributed by atoms with E-state index in [1.54, 1.807) is 0 Å². The lowest BCUT2D eigenvalue weighted by Gasteiger charge is -2.26. The first-order valence-electron chi connectivity index (χ1n) is 15.7. The van der Waals surface area contributed by atoms with Crippen molar-refractivity contribution >= 4 is 47.4 Å². The minimum Gasteiger partial charge on any atom is -0.508 e. The number of azide groups is 1. The smallest absolute Gasteiger partial charge is 0.490 e. The Hall–Kier alpha value is -6.32. The molecule has 0 aromatic heterocycles. The number of carbonyl (C=O) groups excluding carboxylic acids is 5. The summed E-state index contributed by atoms with van der Waals surface area (Å²) < 4.78 is 31.7. The number of aliphatic carboxylic acids is 2. The number of benzene rings is 1. The summed E-state index contributed by atoms with van der Waals surface area (Å²) in [6.07, 6.45) is -5.00. The SMILES string of the molecule is O=C(O)C(F)(F)F.[N-]=[N+]=NCCCC[C@@H]1NC(=O)[C@@H](Cc2ccc(O)cc2)NC(=O)[C@H](CC(=O)O)NC(=O)CNC(=O)[C@H](CCCN=C(N)N)NC1=O. The molecule has 5 amide bonds.